The average molecular weight is 258 g/mol. The number of aromatic nitrogens is 1. The van der Waals surface area contributed by atoms with E-state index >= 15 is 0 Å². The second-order valence-electron chi connectivity index (χ2n) is 4.45. The summed E-state index contributed by atoms with van der Waals surface area (Å²) in [5.74, 6) is 0.659. The Balaban J connectivity index is 2.12. The summed E-state index contributed by atoms with van der Waals surface area (Å²) in [7, 11) is 1.54. The number of ether oxygens (including phenoxy) is 1. The molecule has 0 bridgehead atoms. The first kappa shape index (κ1) is 13.2. The summed E-state index contributed by atoms with van der Waals surface area (Å²) >= 11 is 0. The summed E-state index contributed by atoms with van der Waals surface area (Å²) in [5.41, 5.74) is 3.89. The van der Waals surface area contributed by atoms with Crippen molar-refractivity contribution < 1.29 is 9.84 Å². The van der Waals surface area contributed by atoms with Crippen LogP contribution in [0.4, 0.5) is 5.69 Å². The van der Waals surface area contributed by atoms with E-state index in [9.17, 15) is 5.11 Å². The van der Waals surface area contributed by atoms with E-state index in [1.165, 1.54) is 0 Å². The van der Waals surface area contributed by atoms with Crippen LogP contribution in [0.1, 0.15) is 16.8 Å². The van der Waals surface area contributed by atoms with Crippen molar-refractivity contribution in [2.24, 2.45) is 0 Å². The maximum atomic E-state index is 9.98. The molecule has 2 aromatic rings. The Morgan fingerprint density at radius 1 is 1.32 bits per heavy atom. The topological polar surface area (TPSA) is 54.4 Å². The Bertz CT molecular complexity index is 582. The Morgan fingerprint density at radius 3 is 2.79 bits per heavy atom. The van der Waals surface area contributed by atoms with Crippen molar-refractivity contribution in [1.82, 2.24) is 4.98 Å². The molecule has 0 aliphatic heterocycles. The number of hydrogen-bond acceptors (Lipinski definition) is 4. The fourth-order valence-electron chi connectivity index (χ4n) is 1.81. The quantitative estimate of drug-likeness (QED) is 0.885. The molecule has 1 aromatic carbocycles. The van der Waals surface area contributed by atoms with Crippen molar-refractivity contribution in [3.63, 3.8) is 0 Å². The fraction of sp³-hybridized carbons (Fsp3) is 0.267. The maximum Gasteiger partial charge on any atom is 0.162 e. The molecule has 0 unspecified atom stereocenters. The normalized spacial score (nSPS) is 10.3. The first-order valence-corrected chi connectivity index (χ1v) is 6.13. The lowest BCUT2D eigenvalue weighted by Crippen LogP contribution is -2.01. The van der Waals surface area contributed by atoms with Gasteiger partial charge in [0.1, 0.15) is 0 Å². The number of pyridine rings is 1. The van der Waals surface area contributed by atoms with Crippen molar-refractivity contribution in [1.29, 1.82) is 0 Å². The van der Waals surface area contributed by atoms with Crippen LogP contribution in [0, 0.1) is 13.8 Å². The van der Waals surface area contributed by atoms with Crippen LogP contribution >= 0.6 is 0 Å². The van der Waals surface area contributed by atoms with Crippen molar-refractivity contribution in [2.75, 3.05) is 12.4 Å². The summed E-state index contributed by atoms with van der Waals surface area (Å²) in [6.07, 6.45) is 1.79. The van der Waals surface area contributed by atoms with Crippen LogP contribution in [0.2, 0.25) is 0 Å². The molecule has 2 N–H and O–H groups in total. The number of nitrogens with zero attached hydrogens (tertiary/aromatic N) is 1. The molecule has 0 aliphatic rings. The van der Waals surface area contributed by atoms with Crippen molar-refractivity contribution in [3.8, 4) is 11.5 Å². The van der Waals surface area contributed by atoms with Gasteiger partial charge < -0.3 is 15.2 Å². The predicted molar refractivity (Wildman–Crippen MR) is 75.7 cm³/mol. The molecule has 0 saturated carbocycles. The SMILES string of the molecule is COc1cccc(CNc2cnc(C)c(C)c2)c1O. The minimum absolute atomic E-state index is 0.175. The zero-order valence-electron chi connectivity index (χ0n) is 11.4. The molecule has 0 radical (unpaired) electrons. The monoisotopic (exact) mass is 258 g/mol. The minimum Gasteiger partial charge on any atom is -0.504 e. The number of nitrogens with one attached hydrogen (secondary N) is 1. The Labute approximate surface area is 113 Å². The number of anilines is 1. The van der Waals surface area contributed by atoms with E-state index in [4.69, 9.17) is 4.74 Å². The number of phenolic OH excluding ortho intramolecular Hbond substituents is 1. The summed E-state index contributed by atoms with van der Waals surface area (Å²) in [6, 6.07) is 7.49. The highest BCUT2D eigenvalue weighted by atomic mass is 16.5. The number of benzene rings is 1. The number of para-hydroxylation sites is 1. The van der Waals surface area contributed by atoms with Gasteiger partial charge in [-0.25, -0.2) is 0 Å². The van der Waals surface area contributed by atoms with Gasteiger partial charge in [0.25, 0.3) is 0 Å². The third kappa shape index (κ3) is 2.96. The van der Waals surface area contributed by atoms with Gasteiger partial charge >= 0.3 is 0 Å². The lowest BCUT2D eigenvalue weighted by atomic mass is 10.1. The molecule has 0 saturated heterocycles. The summed E-state index contributed by atoms with van der Waals surface area (Å²) in [6.45, 7) is 4.52. The molecule has 100 valence electrons. The van der Waals surface area contributed by atoms with Crippen LogP contribution in [-0.4, -0.2) is 17.2 Å². The maximum absolute atomic E-state index is 9.98. The second-order valence-corrected chi connectivity index (χ2v) is 4.45. The molecule has 4 nitrogen and oxygen atoms in total. The van der Waals surface area contributed by atoms with E-state index in [2.05, 4.69) is 10.3 Å². The van der Waals surface area contributed by atoms with Gasteiger partial charge in [0.2, 0.25) is 0 Å². The number of methoxy groups -OCH3 is 1. The minimum atomic E-state index is 0.175. The molecule has 0 amide bonds. The van der Waals surface area contributed by atoms with E-state index < -0.39 is 0 Å². The zero-order valence-corrected chi connectivity index (χ0v) is 11.4. The van der Waals surface area contributed by atoms with Gasteiger partial charge in [-0.05, 0) is 31.5 Å². The standard InChI is InChI=1S/C15H18N2O2/c1-10-7-13(9-16-11(10)2)17-8-12-5-4-6-14(19-3)15(12)18/h4-7,9,17-18H,8H2,1-3H3. The summed E-state index contributed by atoms with van der Waals surface area (Å²) < 4.78 is 5.08. The van der Waals surface area contributed by atoms with Crippen molar-refractivity contribution in [3.05, 3.63) is 47.3 Å². The van der Waals surface area contributed by atoms with E-state index in [0.717, 1.165) is 22.5 Å². The third-order valence-corrected chi connectivity index (χ3v) is 3.13. The molecule has 2 rings (SSSR count). The first-order valence-electron chi connectivity index (χ1n) is 6.13. The number of phenols is 1. The fourth-order valence-corrected chi connectivity index (χ4v) is 1.81. The van der Waals surface area contributed by atoms with Gasteiger partial charge in [0, 0.05) is 17.8 Å². The van der Waals surface area contributed by atoms with Gasteiger partial charge in [0.15, 0.2) is 11.5 Å². The Morgan fingerprint density at radius 2 is 2.11 bits per heavy atom. The van der Waals surface area contributed by atoms with E-state index in [0.29, 0.717) is 12.3 Å². The van der Waals surface area contributed by atoms with Gasteiger partial charge in [-0.1, -0.05) is 12.1 Å². The van der Waals surface area contributed by atoms with Gasteiger partial charge in [-0.15, -0.1) is 0 Å². The first-order chi connectivity index (χ1) is 9.11. The highest BCUT2D eigenvalue weighted by Crippen LogP contribution is 2.29. The molecule has 4 heteroatoms. The Kier molecular flexibility index (Phi) is 3.90. The van der Waals surface area contributed by atoms with Crippen LogP contribution < -0.4 is 10.1 Å². The van der Waals surface area contributed by atoms with Crippen LogP contribution in [-0.2, 0) is 6.54 Å². The van der Waals surface area contributed by atoms with Crippen LogP contribution in [0.5, 0.6) is 11.5 Å². The van der Waals surface area contributed by atoms with Crippen LogP contribution in [0.25, 0.3) is 0 Å². The van der Waals surface area contributed by atoms with Gasteiger partial charge in [-0.3, -0.25) is 4.98 Å². The zero-order chi connectivity index (χ0) is 13.8. The summed E-state index contributed by atoms with van der Waals surface area (Å²) in [5, 5.41) is 13.2. The molecule has 0 spiro atoms. The van der Waals surface area contributed by atoms with E-state index in [1.54, 1.807) is 19.4 Å². The number of aromatic hydroxyl groups is 1. The van der Waals surface area contributed by atoms with E-state index in [1.807, 2.05) is 32.0 Å². The molecular weight excluding hydrogens is 240 g/mol. The highest BCUT2D eigenvalue weighted by molar-refractivity contribution is 5.49. The van der Waals surface area contributed by atoms with Crippen molar-refractivity contribution in [2.45, 2.75) is 20.4 Å². The number of hydrogen-bond donors (Lipinski definition) is 2. The lowest BCUT2D eigenvalue weighted by Gasteiger charge is -2.11. The molecule has 1 heterocycles. The third-order valence-electron chi connectivity index (χ3n) is 3.13. The molecule has 0 aliphatic carbocycles. The molecule has 0 fully saturated rings. The summed E-state index contributed by atoms with van der Waals surface area (Å²) in [4.78, 5) is 4.30. The number of aryl methyl sites for hydroxylation is 2. The number of rotatable bonds is 4. The molecule has 19 heavy (non-hydrogen) atoms. The van der Waals surface area contributed by atoms with Crippen LogP contribution in [0.3, 0.4) is 0 Å². The van der Waals surface area contributed by atoms with Gasteiger partial charge in [-0.2, -0.15) is 0 Å². The highest BCUT2D eigenvalue weighted by Gasteiger charge is 2.07. The average Bonchev–Trinajstić information content (AvgIpc) is 2.41. The molecule has 1 aromatic heterocycles. The Hall–Kier alpha value is -2.23. The molecule has 0 atom stereocenters. The van der Waals surface area contributed by atoms with Gasteiger partial charge in [0.05, 0.1) is 19.0 Å². The van der Waals surface area contributed by atoms with Crippen LogP contribution in [0.15, 0.2) is 30.5 Å². The van der Waals surface area contributed by atoms with Crippen molar-refractivity contribution >= 4 is 5.69 Å². The lowest BCUT2D eigenvalue weighted by molar-refractivity contribution is 0.371. The second kappa shape index (κ2) is 5.61. The van der Waals surface area contributed by atoms with E-state index in [-0.39, 0.29) is 5.75 Å². The largest absolute Gasteiger partial charge is 0.504 e. The smallest absolute Gasteiger partial charge is 0.162 e. The predicted octanol–water partition coefficient (Wildman–Crippen LogP) is 3.02. The molecular formula is C15H18N2O2.